The third-order valence-electron chi connectivity index (χ3n) is 6.57. The Kier molecular flexibility index (Phi) is 7.79. The first-order valence-electron chi connectivity index (χ1n) is 9.96. The summed E-state index contributed by atoms with van der Waals surface area (Å²) in [4.78, 5) is 28.5. The van der Waals surface area contributed by atoms with Crippen LogP contribution >= 0.6 is 15.6 Å². The molecule has 2 aliphatic carbocycles. The molecule has 2 aliphatic rings. The van der Waals surface area contributed by atoms with Crippen LogP contribution < -0.4 is 0 Å². The summed E-state index contributed by atoms with van der Waals surface area (Å²) in [5.74, 6) is 0.875. The van der Waals surface area contributed by atoms with E-state index in [0.29, 0.717) is 18.4 Å². The maximum atomic E-state index is 11.5. The van der Waals surface area contributed by atoms with Crippen molar-refractivity contribution >= 4 is 15.6 Å². The van der Waals surface area contributed by atoms with E-state index in [1.807, 2.05) is 11.9 Å². The van der Waals surface area contributed by atoms with Gasteiger partial charge in [-0.25, -0.2) is 9.13 Å². The Hall–Kier alpha value is -0.300. The number of likely N-dealkylation sites (N-methyl/N-ethyl adjacent to an activating group) is 1. The van der Waals surface area contributed by atoms with E-state index in [-0.39, 0.29) is 17.4 Å². The van der Waals surface area contributed by atoms with Crippen molar-refractivity contribution in [3.05, 3.63) is 24.3 Å². The SMILES string of the molecule is C=C1C=C[C@H]2C(C)(C)CCC[C@]2(C)[C@H]1CCN(C)CCOP(=O)(O)OP(=O)(O)O. The van der Waals surface area contributed by atoms with Crippen LogP contribution in [0.2, 0.25) is 0 Å². The first kappa shape index (κ1) is 25.0. The van der Waals surface area contributed by atoms with Gasteiger partial charge in [0.25, 0.3) is 0 Å². The van der Waals surface area contributed by atoms with E-state index < -0.39 is 15.6 Å². The molecule has 10 heteroatoms. The van der Waals surface area contributed by atoms with Gasteiger partial charge in [0.05, 0.1) is 6.61 Å². The van der Waals surface area contributed by atoms with Crippen LogP contribution in [-0.4, -0.2) is 46.3 Å². The Labute approximate surface area is 173 Å². The normalized spacial score (nSPS) is 31.5. The first-order chi connectivity index (χ1) is 13.2. The zero-order chi connectivity index (χ0) is 22.1. The molecule has 1 fully saturated rings. The molecule has 0 aliphatic heterocycles. The number of nitrogens with zero attached hydrogens (tertiary/aromatic N) is 1. The third-order valence-corrected chi connectivity index (χ3v) is 8.76. The fraction of sp³-hybridized carbons (Fsp3) is 0.789. The van der Waals surface area contributed by atoms with Gasteiger partial charge in [-0.05, 0) is 55.5 Å². The Morgan fingerprint density at radius 3 is 2.48 bits per heavy atom. The summed E-state index contributed by atoms with van der Waals surface area (Å²) in [5, 5.41) is 0. The molecule has 3 N–H and O–H groups in total. The van der Waals surface area contributed by atoms with Crippen LogP contribution in [0.3, 0.4) is 0 Å². The molecule has 0 radical (unpaired) electrons. The van der Waals surface area contributed by atoms with E-state index in [1.54, 1.807) is 0 Å². The molecule has 1 saturated carbocycles. The monoisotopic (exact) mass is 451 g/mol. The first-order valence-corrected chi connectivity index (χ1v) is 13.0. The zero-order valence-electron chi connectivity index (χ0n) is 17.8. The topological polar surface area (TPSA) is 117 Å². The van der Waals surface area contributed by atoms with Gasteiger partial charge in [-0.1, -0.05) is 51.5 Å². The Bertz CT molecular complexity index is 732. The molecule has 2 rings (SSSR count). The van der Waals surface area contributed by atoms with E-state index in [0.717, 1.165) is 18.5 Å². The number of hydrogen-bond donors (Lipinski definition) is 3. The van der Waals surface area contributed by atoms with Gasteiger partial charge in [0.2, 0.25) is 0 Å². The summed E-state index contributed by atoms with van der Waals surface area (Å²) in [6, 6.07) is 0. The Balaban J connectivity index is 1.90. The summed E-state index contributed by atoms with van der Waals surface area (Å²) in [6.07, 6.45) is 9.05. The lowest BCUT2D eigenvalue weighted by molar-refractivity contribution is -0.00947. The molecule has 0 aromatic heterocycles. The fourth-order valence-electron chi connectivity index (χ4n) is 5.21. The molecule has 0 heterocycles. The summed E-state index contributed by atoms with van der Waals surface area (Å²) in [5.41, 5.74) is 1.59. The number of rotatable bonds is 9. The predicted molar refractivity (Wildman–Crippen MR) is 112 cm³/mol. The van der Waals surface area contributed by atoms with Crippen LogP contribution in [0.1, 0.15) is 46.5 Å². The van der Waals surface area contributed by atoms with Crippen LogP contribution in [0, 0.1) is 22.7 Å². The fourth-order valence-corrected chi connectivity index (χ4v) is 6.78. The smallest absolute Gasteiger partial charge is 0.304 e. The molecule has 0 bridgehead atoms. The average Bonchev–Trinajstić information content (AvgIpc) is 2.50. The molecule has 0 spiro atoms. The largest absolute Gasteiger partial charge is 0.481 e. The number of phosphoric ester groups is 1. The number of phosphoric acid groups is 2. The van der Waals surface area contributed by atoms with Crippen LogP contribution in [0.4, 0.5) is 0 Å². The van der Waals surface area contributed by atoms with E-state index in [4.69, 9.17) is 9.79 Å². The van der Waals surface area contributed by atoms with Gasteiger partial charge in [0, 0.05) is 6.54 Å². The zero-order valence-corrected chi connectivity index (χ0v) is 19.6. The molecule has 0 amide bonds. The van der Waals surface area contributed by atoms with Crippen molar-refractivity contribution in [2.75, 3.05) is 26.7 Å². The highest BCUT2D eigenvalue weighted by Crippen LogP contribution is 2.59. The van der Waals surface area contributed by atoms with Gasteiger partial charge < -0.3 is 19.6 Å². The lowest BCUT2D eigenvalue weighted by Gasteiger charge is -2.56. The van der Waals surface area contributed by atoms with Crippen molar-refractivity contribution in [3.8, 4) is 0 Å². The van der Waals surface area contributed by atoms with Gasteiger partial charge in [0.1, 0.15) is 0 Å². The molecule has 0 saturated heterocycles. The Morgan fingerprint density at radius 1 is 1.21 bits per heavy atom. The minimum Gasteiger partial charge on any atom is -0.304 e. The van der Waals surface area contributed by atoms with E-state index >= 15 is 0 Å². The lowest BCUT2D eigenvalue weighted by Crippen LogP contribution is -2.48. The highest BCUT2D eigenvalue weighted by molar-refractivity contribution is 7.60. The van der Waals surface area contributed by atoms with E-state index in [9.17, 15) is 14.0 Å². The maximum absolute atomic E-state index is 11.5. The van der Waals surface area contributed by atoms with Gasteiger partial charge in [-0.15, -0.1) is 0 Å². The van der Waals surface area contributed by atoms with Gasteiger partial charge >= 0.3 is 15.6 Å². The second kappa shape index (κ2) is 9.05. The highest BCUT2D eigenvalue weighted by Gasteiger charge is 2.50. The lowest BCUT2D eigenvalue weighted by atomic mass is 9.49. The molecular formula is C19H35NO7P2. The molecular weight excluding hydrogens is 416 g/mol. The van der Waals surface area contributed by atoms with Gasteiger partial charge in [-0.3, -0.25) is 4.52 Å². The maximum Gasteiger partial charge on any atom is 0.481 e. The van der Waals surface area contributed by atoms with E-state index in [2.05, 4.69) is 48.3 Å². The number of hydrogen-bond acceptors (Lipinski definition) is 5. The summed E-state index contributed by atoms with van der Waals surface area (Å²) < 4.78 is 30.6. The predicted octanol–water partition coefficient (Wildman–Crippen LogP) is 4.11. The highest BCUT2D eigenvalue weighted by atomic mass is 31.3. The third kappa shape index (κ3) is 6.59. The van der Waals surface area contributed by atoms with Gasteiger partial charge in [0.15, 0.2) is 0 Å². The molecule has 4 atom stereocenters. The van der Waals surface area contributed by atoms with Crippen molar-refractivity contribution in [1.82, 2.24) is 4.90 Å². The Morgan fingerprint density at radius 2 is 1.86 bits per heavy atom. The second-order valence-electron chi connectivity index (χ2n) is 9.28. The standard InChI is InChI=1S/C19H35NO7P2/c1-15-7-8-17-18(2,3)10-6-11-19(17,4)16(15)9-12-20(5)13-14-26-29(24,25)27-28(21,22)23/h7-8,16-17H,1,6,9-14H2,2-5H3,(H,24,25)(H2,21,22,23)/t16-,17-,19+/m0/s1. The van der Waals surface area contributed by atoms with E-state index in [1.165, 1.54) is 19.3 Å². The molecule has 29 heavy (non-hydrogen) atoms. The van der Waals surface area contributed by atoms with Crippen LogP contribution in [-0.2, 0) is 18.0 Å². The van der Waals surface area contributed by atoms with Crippen LogP contribution in [0.25, 0.3) is 0 Å². The van der Waals surface area contributed by atoms with Crippen molar-refractivity contribution in [3.63, 3.8) is 0 Å². The average molecular weight is 451 g/mol. The molecule has 168 valence electrons. The number of fused-ring (bicyclic) bond motifs is 1. The molecule has 8 nitrogen and oxygen atoms in total. The van der Waals surface area contributed by atoms with Crippen LogP contribution in [0.5, 0.6) is 0 Å². The van der Waals surface area contributed by atoms with Crippen molar-refractivity contribution < 1.29 is 32.6 Å². The van der Waals surface area contributed by atoms with Crippen LogP contribution in [0.15, 0.2) is 24.3 Å². The second-order valence-corrected chi connectivity index (χ2v) is 12.1. The van der Waals surface area contributed by atoms with Crippen molar-refractivity contribution in [2.45, 2.75) is 46.5 Å². The van der Waals surface area contributed by atoms with Gasteiger partial charge in [-0.2, -0.15) is 4.31 Å². The van der Waals surface area contributed by atoms with Crippen molar-refractivity contribution in [1.29, 1.82) is 0 Å². The summed E-state index contributed by atoms with van der Waals surface area (Å²) in [7, 11) is -8.00. The quantitative estimate of drug-likeness (QED) is 0.449. The minimum atomic E-state index is -5.09. The molecule has 0 aromatic rings. The summed E-state index contributed by atoms with van der Waals surface area (Å²) in [6.45, 7) is 12.3. The molecule has 1 unspecified atom stereocenters. The number of allylic oxidation sites excluding steroid dienone is 3. The molecule has 0 aromatic carbocycles. The van der Waals surface area contributed by atoms with Crippen molar-refractivity contribution in [2.24, 2.45) is 22.7 Å². The summed E-state index contributed by atoms with van der Waals surface area (Å²) >= 11 is 0. The minimum absolute atomic E-state index is 0.170.